The molecule has 0 aromatic heterocycles. The number of anilines is 1. The quantitative estimate of drug-likeness (QED) is 0.799. The van der Waals surface area contributed by atoms with Crippen molar-refractivity contribution in [2.45, 2.75) is 30.7 Å². The molecule has 2 aromatic carbocycles. The molecular weight excluding hydrogens is 362 g/mol. The molecule has 0 unspecified atom stereocenters. The number of rotatable bonds is 6. The van der Waals surface area contributed by atoms with Crippen LogP contribution in [0.25, 0.3) is 0 Å². The molecule has 0 spiro atoms. The van der Waals surface area contributed by atoms with Crippen molar-refractivity contribution < 1.29 is 13.2 Å². The van der Waals surface area contributed by atoms with Crippen LogP contribution >= 0.6 is 0 Å². The molecule has 1 heterocycles. The van der Waals surface area contributed by atoms with E-state index in [9.17, 15) is 13.2 Å². The first-order valence-electron chi connectivity index (χ1n) is 8.86. The van der Waals surface area contributed by atoms with Gasteiger partial charge in [0.1, 0.15) is 0 Å². The van der Waals surface area contributed by atoms with Crippen molar-refractivity contribution in [1.82, 2.24) is 9.62 Å². The maximum Gasteiger partial charge on any atom is 0.240 e. The highest BCUT2D eigenvalue weighted by Gasteiger charge is 2.28. The fourth-order valence-electron chi connectivity index (χ4n) is 3.22. The molecule has 0 fully saturated rings. The lowest BCUT2D eigenvalue weighted by atomic mass is 10.0. The lowest BCUT2D eigenvalue weighted by Crippen LogP contribution is -2.34. The van der Waals surface area contributed by atoms with Crippen molar-refractivity contribution in [3.63, 3.8) is 0 Å². The normalized spacial score (nSPS) is 17.7. The summed E-state index contributed by atoms with van der Waals surface area (Å²) >= 11 is 0. The van der Waals surface area contributed by atoms with Crippen molar-refractivity contribution >= 4 is 21.6 Å². The molecule has 0 bridgehead atoms. The Morgan fingerprint density at radius 1 is 1.15 bits per heavy atom. The summed E-state index contributed by atoms with van der Waals surface area (Å²) in [6.07, 6.45) is 0. The lowest BCUT2D eigenvalue weighted by Gasteiger charge is -2.25. The number of hydrogen-bond acceptors (Lipinski definition) is 4. The van der Waals surface area contributed by atoms with E-state index in [1.807, 2.05) is 50.2 Å². The zero-order chi connectivity index (χ0) is 19.8. The molecule has 0 saturated heterocycles. The van der Waals surface area contributed by atoms with Crippen molar-refractivity contribution in [3.05, 3.63) is 59.2 Å². The summed E-state index contributed by atoms with van der Waals surface area (Å²) in [5.41, 5.74) is 3.60. The molecule has 7 heteroatoms. The summed E-state index contributed by atoms with van der Waals surface area (Å²) in [6.45, 7) is 4.04. The average molecular weight is 388 g/mol. The number of nitrogens with zero attached hydrogens (tertiary/aromatic N) is 1. The Morgan fingerprint density at radius 3 is 2.44 bits per heavy atom. The van der Waals surface area contributed by atoms with Crippen LogP contribution in [-0.2, 0) is 14.8 Å². The Morgan fingerprint density at radius 2 is 1.81 bits per heavy atom. The minimum absolute atomic E-state index is 0.0861. The van der Waals surface area contributed by atoms with Crippen LogP contribution in [0.2, 0.25) is 0 Å². The molecule has 0 aliphatic carbocycles. The summed E-state index contributed by atoms with van der Waals surface area (Å²) < 4.78 is 28.3. The van der Waals surface area contributed by atoms with Crippen molar-refractivity contribution in [2.24, 2.45) is 0 Å². The second-order valence-corrected chi connectivity index (χ2v) is 8.97. The fraction of sp³-hybridized carbons (Fsp3) is 0.350. The zero-order valence-electron chi connectivity index (χ0n) is 16.0. The molecule has 6 nitrogen and oxygen atoms in total. The third-order valence-electron chi connectivity index (χ3n) is 5.00. The Balaban J connectivity index is 1.80. The lowest BCUT2D eigenvalue weighted by molar-refractivity contribution is -0.116. The van der Waals surface area contributed by atoms with Crippen LogP contribution in [-0.4, -0.2) is 39.9 Å². The number of benzene rings is 2. The standard InChI is InChI=1S/C20H25N3O3S/c1-13-5-7-15(8-6-13)19(23(3)4)12-21-27(25,26)16-9-10-18-17(11-16)14(2)20(24)22-18/h5-11,14,19,21H,12H2,1-4H3,(H,22,24)/t14-,19-/m0/s1. The Hall–Kier alpha value is -2.22. The highest BCUT2D eigenvalue weighted by atomic mass is 32.2. The summed E-state index contributed by atoms with van der Waals surface area (Å²) in [6, 6.07) is 12.7. The van der Waals surface area contributed by atoms with Crippen molar-refractivity contribution in [3.8, 4) is 0 Å². The number of fused-ring (bicyclic) bond motifs is 1. The van der Waals surface area contributed by atoms with Gasteiger partial charge < -0.3 is 10.2 Å². The number of hydrogen-bond donors (Lipinski definition) is 2. The first-order chi connectivity index (χ1) is 12.7. The van der Waals surface area contributed by atoms with Gasteiger partial charge in [-0.15, -0.1) is 0 Å². The predicted molar refractivity (Wildman–Crippen MR) is 106 cm³/mol. The Kier molecular flexibility index (Phi) is 5.37. The molecule has 144 valence electrons. The SMILES string of the molecule is Cc1ccc([C@H](CNS(=O)(=O)c2ccc3c(c2)[C@H](C)C(=O)N3)N(C)C)cc1. The summed E-state index contributed by atoms with van der Waals surface area (Å²) in [5, 5.41) is 2.76. The third kappa shape index (κ3) is 4.05. The number of sulfonamides is 1. The van der Waals surface area contributed by atoms with Crippen LogP contribution in [0.15, 0.2) is 47.4 Å². The first-order valence-corrected chi connectivity index (χ1v) is 10.3. The van der Waals surface area contributed by atoms with E-state index in [0.29, 0.717) is 11.3 Å². The van der Waals surface area contributed by atoms with E-state index in [1.165, 1.54) is 6.07 Å². The Labute approximate surface area is 160 Å². The minimum atomic E-state index is -3.68. The number of carbonyl (C=O) groups excluding carboxylic acids is 1. The number of aryl methyl sites for hydroxylation is 1. The second-order valence-electron chi connectivity index (χ2n) is 7.20. The van der Waals surface area contributed by atoms with E-state index >= 15 is 0 Å². The van der Waals surface area contributed by atoms with Crippen molar-refractivity contribution in [2.75, 3.05) is 26.0 Å². The molecule has 27 heavy (non-hydrogen) atoms. The average Bonchev–Trinajstić information content (AvgIpc) is 2.90. The smallest absolute Gasteiger partial charge is 0.240 e. The number of carbonyl (C=O) groups is 1. The van der Waals surface area contributed by atoms with Gasteiger partial charge in [0.2, 0.25) is 15.9 Å². The van der Waals surface area contributed by atoms with E-state index < -0.39 is 10.0 Å². The molecule has 0 saturated carbocycles. The van der Waals surface area contributed by atoms with E-state index in [-0.39, 0.29) is 29.3 Å². The van der Waals surface area contributed by atoms with E-state index in [4.69, 9.17) is 0 Å². The maximum absolute atomic E-state index is 12.8. The topological polar surface area (TPSA) is 78.5 Å². The molecule has 2 aromatic rings. The van der Waals surface area contributed by atoms with Crippen LogP contribution in [0.1, 0.15) is 35.6 Å². The molecule has 1 aliphatic heterocycles. The number of nitrogens with one attached hydrogen (secondary N) is 2. The van der Waals surface area contributed by atoms with Gasteiger partial charge in [-0.2, -0.15) is 0 Å². The molecule has 2 N–H and O–H groups in total. The van der Waals surface area contributed by atoms with Gasteiger partial charge in [0.05, 0.1) is 10.8 Å². The summed E-state index contributed by atoms with van der Waals surface area (Å²) in [5.74, 6) is -0.461. The molecule has 3 rings (SSSR count). The summed E-state index contributed by atoms with van der Waals surface area (Å²) in [7, 11) is 0.164. The van der Waals surface area contributed by atoms with Crippen LogP contribution in [0.4, 0.5) is 5.69 Å². The molecule has 1 aliphatic rings. The molecule has 2 atom stereocenters. The fourth-order valence-corrected chi connectivity index (χ4v) is 4.29. The van der Waals surface area contributed by atoms with Gasteiger partial charge in [-0.25, -0.2) is 13.1 Å². The van der Waals surface area contributed by atoms with Gasteiger partial charge in [0.25, 0.3) is 0 Å². The largest absolute Gasteiger partial charge is 0.325 e. The van der Waals surface area contributed by atoms with Gasteiger partial charge in [-0.3, -0.25) is 4.79 Å². The van der Waals surface area contributed by atoms with Gasteiger partial charge in [0.15, 0.2) is 0 Å². The zero-order valence-corrected chi connectivity index (χ0v) is 16.8. The molecular formula is C20H25N3O3S. The second kappa shape index (κ2) is 7.42. The highest BCUT2D eigenvalue weighted by Crippen LogP contribution is 2.33. The van der Waals surface area contributed by atoms with Crippen LogP contribution in [0, 0.1) is 6.92 Å². The summed E-state index contributed by atoms with van der Waals surface area (Å²) in [4.78, 5) is 13.9. The molecule has 0 radical (unpaired) electrons. The van der Waals surface area contributed by atoms with Gasteiger partial charge in [-0.05, 0) is 57.3 Å². The molecule has 1 amide bonds. The number of amides is 1. The number of likely N-dealkylation sites (N-methyl/N-ethyl adjacent to an activating group) is 1. The van der Waals surface area contributed by atoms with E-state index in [1.54, 1.807) is 19.1 Å². The van der Waals surface area contributed by atoms with Gasteiger partial charge in [-0.1, -0.05) is 29.8 Å². The van der Waals surface area contributed by atoms with E-state index in [2.05, 4.69) is 10.0 Å². The van der Waals surface area contributed by atoms with Crippen LogP contribution < -0.4 is 10.0 Å². The Bertz CT molecular complexity index is 953. The van der Waals surface area contributed by atoms with Gasteiger partial charge in [0, 0.05) is 18.3 Å². The first kappa shape index (κ1) is 19.5. The highest BCUT2D eigenvalue weighted by molar-refractivity contribution is 7.89. The van der Waals surface area contributed by atoms with Crippen LogP contribution in [0.3, 0.4) is 0 Å². The third-order valence-corrected chi connectivity index (χ3v) is 6.42. The van der Waals surface area contributed by atoms with Gasteiger partial charge >= 0.3 is 0 Å². The van der Waals surface area contributed by atoms with Crippen molar-refractivity contribution in [1.29, 1.82) is 0 Å². The monoisotopic (exact) mass is 387 g/mol. The van der Waals surface area contributed by atoms with Crippen LogP contribution in [0.5, 0.6) is 0 Å². The predicted octanol–water partition coefficient (Wildman–Crippen LogP) is 2.63. The maximum atomic E-state index is 12.8. The minimum Gasteiger partial charge on any atom is -0.325 e. The van der Waals surface area contributed by atoms with E-state index in [0.717, 1.165) is 11.1 Å².